The van der Waals surface area contributed by atoms with Crippen molar-refractivity contribution in [3.05, 3.63) is 90.1 Å². The molecule has 2 amide bonds. The van der Waals surface area contributed by atoms with Gasteiger partial charge in [0.15, 0.2) is 0 Å². The van der Waals surface area contributed by atoms with Gasteiger partial charge in [0, 0.05) is 36.2 Å². The molecule has 1 aromatic heterocycles. The van der Waals surface area contributed by atoms with Crippen LogP contribution in [-0.4, -0.2) is 66.3 Å². The zero-order valence-electron chi connectivity index (χ0n) is 23.5. The van der Waals surface area contributed by atoms with Crippen LogP contribution in [0.2, 0.25) is 0 Å². The lowest BCUT2D eigenvalue weighted by Crippen LogP contribution is -2.42. The Hall–Kier alpha value is -4.63. The minimum Gasteiger partial charge on any atom is -0.497 e. The van der Waals surface area contributed by atoms with Crippen molar-refractivity contribution in [3.8, 4) is 28.4 Å². The van der Waals surface area contributed by atoms with Crippen LogP contribution in [-0.2, 0) is 9.53 Å². The molecule has 0 spiro atoms. The largest absolute Gasteiger partial charge is 0.497 e. The molecule has 5 rings (SSSR count). The van der Waals surface area contributed by atoms with Gasteiger partial charge < -0.3 is 19.1 Å². The lowest BCUT2D eigenvalue weighted by molar-refractivity contribution is -0.117. The van der Waals surface area contributed by atoms with E-state index in [0.29, 0.717) is 36.1 Å². The summed E-state index contributed by atoms with van der Waals surface area (Å²) in [6.07, 6.45) is 3.56. The number of hydrogen-bond acceptors (Lipinski definition) is 6. The monoisotopic (exact) mass is 554 g/mol. The number of methoxy groups -OCH3 is 2. The molecule has 0 aliphatic carbocycles. The van der Waals surface area contributed by atoms with Gasteiger partial charge in [-0.1, -0.05) is 17.7 Å². The van der Waals surface area contributed by atoms with Gasteiger partial charge in [0.1, 0.15) is 18.0 Å². The number of benzene rings is 3. The maximum absolute atomic E-state index is 13.5. The Bertz CT molecular complexity index is 1470. The summed E-state index contributed by atoms with van der Waals surface area (Å²) in [7, 11) is 3.23. The first-order valence-electron chi connectivity index (χ1n) is 13.6. The van der Waals surface area contributed by atoms with Crippen molar-refractivity contribution in [1.29, 1.82) is 0 Å². The van der Waals surface area contributed by atoms with E-state index >= 15 is 0 Å². The molecule has 9 nitrogen and oxygen atoms in total. The summed E-state index contributed by atoms with van der Waals surface area (Å²) < 4.78 is 18.2. The van der Waals surface area contributed by atoms with Crippen LogP contribution in [0.25, 0.3) is 16.9 Å². The Morgan fingerprint density at radius 2 is 1.63 bits per heavy atom. The second-order valence-electron chi connectivity index (χ2n) is 9.98. The van der Waals surface area contributed by atoms with Crippen molar-refractivity contribution >= 4 is 17.8 Å². The third-order valence-corrected chi connectivity index (χ3v) is 7.06. The summed E-state index contributed by atoms with van der Waals surface area (Å²) in [4.78, 5) is 33.2. The van der Waals surface area contributed by atoms with Crippen LogP contribution in [0.5, 0.6) is 11.5 Å². The van der Waals surface area contributed by atoms with Gasteiger partial charge in [-0.05, 0) is 80.4 Å². The van der Waals surface area contributed by atoms with Crippen molar-refractivity contribution in [2.24, 2.45) is 0 Å². The summed E-state index contributed by atoms with van der Waals surface area (Å²) in [6, 6.07) is 22.4. The Labute approximate surface area is 239 Å². The SMILES string of the molecule is COc1ccc(-c2cn(-c3ccc(OC)cc3)c(NC(=O)CN(C[C@H]3CCCO3)C(=O)c3ccc(C)cc3)n2)cc1. The first-order chi connectivity index (χ1) is 19.9. The smallest absolute Gasteiger partial charge is 0.254 e. The van der Waals surface area contributed by atoms with E-state index in [1.165, 1.54) is 0 Å². The number of ether oxygens (including phenoxy) is 3. The summed E-state index contributed by atoms with van der Waals surface area (Å²) in [5.41, 5.74) is 3.92. The van der Waals surface area contributed by atoms with E-state index in [1.807, 2.05) is 78.4 Å². The number of aromatic nitrogens is 2. The molecule has 2 heterocycles. The van der Waals surface area contributed by atoms with Gasteiger partial charge in [0.05, 0.1) is 26.0 Å². The van der Waals surface area contributed by atoms with E-state index in [9.17, 15) is 9.59 Å². The van der Waals surface area contributed by atoms with E-state index in [2.05, 4.69) is 5.32 Å². The number of rotatable bonds is 10. The predicted molar refractivity (Wildman–Crippen MR) is 157 cm³/mol. The molecule has 0 bridgehead atoms. The van der Waals surface area contributed by atoms with Gasteiger partial charge in [0.25, 0.3) is 5.91 Å². The maximum Gasteiger partial charge on any atom is 0.254 e. The fourth-order valence-corrected chi connectivity index (χ4v) is 4.78. The Morgan fingerprint density at radius 3 is 2.24 bits per heavy atom. The average molecular weight is 555 g/mol. The molecule has 1 N–H and O–H groups in total. The molecule has 212 valence electrons. The van der Waals surface area contributed by atoms with Crippen LogP contribution in [0.3, 0.4) is 0 Å². The molecular formula is C32H34N4O5. The molecule has 1 aliphatic rings. The number of anilines is 1. The van der Waals surface area contributed by atoms with Gasteiger partial charge in [-0.3, -0.25) is 19.5 Å². The molecule has 0 unspecified atom stereocenters. The van der Waals surface area contributed by atoms with Crippen LogP contribution < -0.4 is 14.8 Å². The number of nitrogens with one attached hydrogen (secondary N) is 1. The number of amides is 2. The third-order valence-electron chi connectivity index (χ3n) is 7.06. The molecule has 0 radical (unpaired) electrons. The number of carbonyl (C=O) groups is 2. The Morgan fingerprint density at radius 1 is 0.976 bits per heavy atom. The van der Waals surface area contributed by atoms with Crippen molar-refractivity contribution < 1.29 is 23.8 Å². The van der Waals surface area contributed by atoms with Crippen molar-refractivity contribution in [1.82, 2.24) is 14.5 Å². The van der Waals surface area contributed by atoms with Crippen LogP contribution >= 0.6 is 0 Å². The molecule has 1 atom stereocenters. The van der Waals surface area contributed by atoms with Gasteiger partial charge >= 0.3 is 0 Å². The third kappa shape index (κ3) is 6.75. The van der Waals surface area contributed by atoms with E-state index in [-0.39, 0.29) is 24.5 Å². The highest BCUT2D eigenvalue weighted by Gasteiger charge is 2.26. The van der Waals surface area contributed by atoms with Crippen molar-refractivity contribution in [3.63, 3.8) is 0 Å². The lowest BCUT2D eigenvalue weighted by Gasteiger charge is -2.25. The number of nitrogens with zero attached hydrogens (tertiary/aromatic N) is 3. The van der Waals surface area contributed by atoms with Gasteiger partial charge in [-0.2, -0.15) is 0 Å². The van der Waals surface area contributed by atoms with E-state index in [0.717, 1.165) is 35.4 Å². The highest BCUT2D eigenvalue weighted by molar-refractivity contribution is 5.99. The average Bonchev–Trinajstić information content (AvgIpc) is 3.67. The fraction of sp³-hybridized carbons (Fsp3) is 0.281. The molecule has 3 aromatic carbocycles. The van der Waals surface area contributed by atoms with E-state index in [1.54, 1.807) is 31.3 Å². The topological polar surface area (TPSA) is 94.9 Å². The molecule has 41 heavy (non-hydrogen) atoms. The number of carbonyl (C=O) groups excluding carboxylic acids is 2. The fourth-order valence-electron chi connectivity index (χ4n) is 4.78. The molecule has 1 saturated heterocycles. The summed E-state index contributed by atoms with van der Waals surface area (Å²) >= 11 is 0. The minimum absolute atomic E-state index is 0.0971. The summed E-state index contributed by atoms with van der Waals surface area (Å²) in [6.45, 7) is 2.83. The Kier molecular flexibility index (Phi) is 8.64. The first-order valence-corrected chi connectivity index (χ1v) is 13.6. The predicted octanol–water partition coefficient (Wildman–Crippen LogP) is 5.12. The lowest BCUT2D eigenvalue weighted by atomic mass is 10.1. The van der Waals surface area contributed by atoms with Crippen LogP contribution in [0.15, 0.2) is 79.0 Å². The number of hydrogen-bond donors (Lipinski definition) is 1. The molecule has 0 saturated carbocycles. The normalized spacial score (nSPS) is 14.5. The Balaban J connectivity index is 1.41. The summed E-state index contributed by atoms with van der Waals surface area (Å²) in [5, 5.41) is 2.94. The first kappa shape index (κ1) is 27.9. The summed E-state index contributed by atoms with van der Waals surface area (Å²) in [5.74, 6) is 1.22. The molecule has 1 aliphatic heterocycles. The van der Waals surface area contributed by atoms with Gasteiger partial charge in [-0.25, -0.2) is 4.98 Å². The highest BCUT2D eigenvalue weighted by atomic mass is 16.5. The maximum atomic E-state index is 13.5. The van der Waals surface area contributed by atoms with Crippen molar-refractivity contribution in [2.45, 2.75) is 25.9 Å². The molecule has 9 heteroatoms. The van der Waals surface area contributed by atoms with Crippen LogP contribution in [0, 0.1) is 6.92 Å². The van der Waals surface area contributed by atoms with E-state index in [4.69, 9.17) is 19.2 Å². The van der Waals surface area contributed by atoms with Crippen molar-refractivity contribution in [2.75, 3.05) is 39.2 Å². The number of imidazole rings is 1. The second-order valence-corrected chi connectivity index (χ2v) is 9.98. The second kappa shape index (κ2) is 12.7. The molecule has 4 aromatic rings. The molecule has 1 fully saturated rings. The van der Waals surface area contributed by atoms with Crippen LogP contribution in [0.1, 0.15) is 28.8 Å². The minimum atomic E-state index is -0.356. The standard InChI is InChI=1S/C32H34N4O5/c1-22-6-8-24(9-7-22)31(38)35(19-28-5-4-18-41-28)21-30(37)34-32-33-29(23-10-14-26(39-2)15-11-23)20-36(32)25-12-16-27(40-3)17-13-25/h6-17,20,28H,4-5,18-19,21H2,1-3H3,(H,33,34,37)/t28-/m1/s1. The zero-order valence-corrected chi connectivity index (χ0v) is 23.5. The van der Waals surface area contributed by atoms with Gasteiger partial charge in [-0.15, -0.1) is 0 Å². The van der Waals surface area contributed by atoms with E-state index < -0.39 is 0 Å². The molecular weight excluding hydrogens is 520 g/mol. The quantitative estimate of drug-likeness (QED) is 0.292. The number of aryl methyl sites for hydroxylation is 1. The van der Waals surface area contributed by atoms with Crippen LogP contribution in [0.4, 0.5) is 5.95 Å². The van der Waals surface area contributed by atoms with Gasteiger partial charge in [0.2, 0.25) is 11.9 Å². The highest BCUT2D eigenvalue weighted by Crippen LogP contribution is 2.27. The zero-order chi connectivity index (χ0) is 28.8.